The summed E-state index contributed by atoms with van der Waals surface area (Å²) in [6, 6.07) is 1.37. The lowest BCUT2D eigenvalue weighted by Gasteiger charge is -2.01. The van der Waals surface area contributed by atoms with Gasteiger partial charge in [0, 0.05) is 5.56 Å². The maximum absolute atomic E-state index is 13.2. The van der Waals surface area contributed by atoms with Crippen LogP contribution in [0.25, 0.3) is 6.08 Å². The van der Waals surface area contributed by atoms with Crippen molar-refractivity contribution in [2.75, 3.05) is 6.61 Å². The van der Waals surface area contributed by atoms with E-state index in [1.165, 1.54) is 12.2 Å². The molecule has 5 heteroatoms. The normalized spacial score (nSPS) is 10.9. The second-order valence-corrected chi connectivity index (χ2v) is 2.74. The standard InChI is InChI=1S/C10H8F2O3/c11-8-5-7(10(14)15)9(12)4-6(8)2-1-3-13/h1-2,4-5,13H,3H2,(H,14,15). The van der Waals surface area contributed by atoms with Gasteiger partial charge in [0.25, 0.3) is 0 Å². The monoisotopic (exact) mass is 214 g/mol. The van der Waals surface area contributed by atoms with Gasteiger partial charge in [-0.05, 0) is 12.1 Å². The minimum Gasteiger partial charge on any atom is -0.478 e. The molecule has 15 heavy (non-hydrogen) atoms. The lowest BCUT2D eigenvalue weighted by atomic mass is 10.1. The molecule has 0 radical (unpaired) electrons. The lowest BCUT2D eigenvalue weighted by molar-refractivity contribution is 0.0691. The van der Waals surface area contributed by atoms with Gasteiger partial charge in [-0.15, -0.1) is 0 Å². The molecular formula is C10H8F2O3. The van der Waals surface area contributed by atoms with Gasteiger partial charge in [0.05, 0.1) is 12.2 Å². The molecule has 0 unspecified atom stereocenters. The summed E-state index contributed by atoms with van der Waals surface area (Å²) in [4.78, 5) is 10.4. The van der Waals surface area contributed by atoms with Crippen LogP contribution < -0.4 is 0 Å². The highest BCUT2D eigenvalue weighted by Gasteiger charge is 2.13. The first-order valence-corrected chi connectivity index (χ1v) is 4.06. The Morgan fingerprint density at radius 1 is 1.33 bits per heavy atom. The molecule has 0 aliphatic rings. The van der Waals surface area contributed by atoms with Crippen LogP contribution in [0.5, 0.6) is 0 Å². The van der Waals surface area contributed by atoms with Crippen LogP contribution in [-0.4, -0.2) is 22.8 Å². The van der Waals surface area contributed by atoms with Gasteiger partial charge in [-0.25, -0.2) is 13.6 Å². The maximum atomic E-state index is 13.2. The average Bonchev–Trinajstić information content (AvgIpc) is 2.18. The van der Waals surface area contributed by atoms with E-state index in [4.69, 9.17) is 10.2 Å². The highest BCUT2D eigenvalue weighted by atomic mass is 19.1. The lowest BCUT2D eigenvalue weighted by Crippen LogP contribution is -2.02. The number of aliphatic hydroxyl groups excluding tert-OH is 1. The second-order valence-electron chi connectivity index (χ2n) is 2.74. The van der Waals surface area contributed by atoms with Crippen LogP contribution in [0.4, 0.5) is 8.78 Å². The fraction of sp³-hybridized carbons (Fsp3) is 0.100. The zero-order valence-corrected chi connectivity index (χ0v) is 7.58. The summed E-state index contributed by atoms with van der Waals surface area (Å²) in [6.07, 6.45) is 2.39. The van der Waals surface area contributed by atoms with E-state index < -0.39 is 23.2 Å². The topological polar surface area (TPSA) is 57.5 Å². The Kier molecular flexibility index (Phi) is 3.51. The third kappa shape index (κ3) is 2.60. The number of hydrogen-bond donors (Lipinski definition) is 2. The molecule has 0 aromatic heterocycles. The van der Waals surface area contributed by atoms with Crippen LogP contribution in [0.15, 0.2) is 18.2 Å². The third-order valence-electron chi connectivity index (χ3n) is 1.72. The maximum Gasteiger partial charge on any atom is 0.338 e. The van der Waals surface area contributed by atoms with Crippen molar-refractivity contribution in [3.05, 3.63) is 41.0 Å². The van der Waals surface area contributed by atoms with Gasteiger partial charge in [-0.3, -0.25) is 0 Å². The molecule has 0 spiro atoms. The number of carboxylic acids is 1. The molecule has 0 heterocycles. The van der Waals surface area contributed by atoms with Gasteiger partial charge in [0.1, 0.15) is 11.6 Å². The Bertz CT molecular complexity index is 413. The molecule has 0 aliphatic heterocycles. The highest BCUT2D eigenvalue weighted by molar-refractivity contribution is 5.88. The third-order valence-corrected chi connectivity index (χ3v) is 1.72. The SMILES string of the molecule is O=C(O)c1cc(F)c(C=CCO)cc1F. The first-order valence-electron chi connectivity index (χ1n) is 4.06. The summed E-state index contributed by atoms with van der Waals surface area (Å²) in [5, 5.41) is 16.9. The minimum absolute atomic E-state index is 0.105. The predicted octanol–water partition coefficient (Wildman–Crippen LogP) is 1.67. The van der Waals surface area contributed by atoms with E-state index in [9.17, 15) is 13.6 Å². The molecule has 2 N–H and O–H groups in total. The molecular weight excluding hydrogens is 206 g/mol. The first-order chi connectivity index (χ1) is 7.06. The van der Waals surface area contributed by atoms with E-state index >= 15 is 0 Å². The van der Waals surface area contributed by atoms with Gasteiger partial charge in [-0.2, -0.15) is 0 Å². The molecule has 3 nitrogen and oxygen atoms in total. The molecule has 0 aliphatic carbocycles. The van der Waals surface area contributed by atoms with Crippen molar-refractivity contribution in [1.82, 2.24) is 0 Å². The number of carbonyl (C=O) groups is 1. The molecule has 1 rings (SSSR count). The van der Waals surface area contributed by atoms with Crippen molar-refractivity contribution >= 4 is 12.0 Å². The van der Waals surface area contributed by atoms with Crippen molar-refractivity contribution in [1.29, 1.82) is 0 Å². The molecule has 80 valence electrons. The number of rotatable bonds is 3. The van der Waals surface area contributed by atoms with Crippen molar-refractivity contribution in [3.63, 3.8) is 0 Å². The predicted molar refractivity (Wildman–Crippen MR) is 49.4 cm³/mol. The summed E-state index contributed by atoms with van der Waals surface area (Å²) in [6.45, 7) is -0.304. The van der Waals surface area contributed by atoms with Crippen molar-refractivity contribution in [3.8, 4) is 0 Å². The number of aromatic carboxylic acids is 1. The quantitative estimate of drug-likeness (QED) is 0.804. The van der Waals surface area contributed by atoms with Crippen molar-refractivity contribution in [2.45, 2.75) is 0 Å². The molecule has 0 bridgehead atoms. The van der Waals surface area contributed by atoms with E-state index in [1.807, 2.05) is 0 Å². The van der Waals surface area contributed by atoms with Crippen LogP contribution >= 0.6 is 0 Å². The summed E-state index contributed by atoms with van der Waals surface area (Å²) in [5.41, 5.74) is -0.819. The van der Waals surface area contributed by atoms with Crippen LogP contribution in [0.3, 0.4) is 0 Å². The van der Waals surface area contributed by atoms with Gasteiger partial charge >= 0.3 is 5.97 Å². The number of halogens is 2. The molecule has 0 amide bonds. The summed E-state index contributed by atoms with van der Waals surface area (Å²) in [5.74, 6) is -3.39. The van der Waals surface area contributed by atoms with Crippen LogP contribution in [0, 0.1) is 11.6 Å². The van der Waals surface area contributed by atoms with E-state index in [1.54, 1.807) is 0 Å². The van der Waals surface area contributed by atoms with Crippen LogP contribution in [0.2, 0.25) is 0 Å². The zero-order valence-electron chi connectivity index (χ0n) is 7.58. The largest absolute Gasteiger partial charge is 0.478 e. The first kappa shape index (κ1) is 11.3. The molecule has 0 fully saturated rings. The molecule has 1 aromatic rings. The van der Waals surface area contributed by atoms with E-state index in [0.717, 1.165) is 6.07 Å². The molecule has 0 atom stereocenters. The molecule has 0 saturated heterocycles. The van der Waals surface area contributed by atoms with E-state index in [2.05, 4.69) is 0 Å². The van der Waals surface area contributed by atoms with Gasteiger partial charge in [0.15, 0.2) is 0 Å². The Hall–Kier alpha value is -1.75. The number of aliphatic hydroxyl groups is 1. The van der Waals surface area contributed by atoms with Crippen molar-refractivity contribution in [2.24, 2.45) is 0 Å². The van der Waals surface area contributed by atoms with E-state index in [0.29, 0.717) is 6.07 Å². The zero-order chi connectivity index (χ0) is 11.4. The Labute approximate surface area is 84.3 Å². The van der Waals surface area contributed by atoms with Gasteiger partial charge in [0.2, 0.25) is 0 Å². The minimum atomic E-state index is -1.52. The van der Waals surface area contributed by atoms with Crippen molar-refractivity contribution < 1.29 is 23.8 Å². The fourth-order valence-corrected chi connectivity index (χ4v) is 1.03. The number of carboxylic acid groups (broad SMARTS) is 1. The number of benzene rings is 1. The van der Waals surface area contributed by atoms with E-state index in [-0.39, 0.29) is 12.2 Å². The Balaban J connectivity index is 3.19. The average molecular weight is 214 g/mol. The van der Waals surface area contributed by atoms with Gasteiger partial charge in [-0.1, -0.05) is 12.2 Å². The molecule has 1 aromatic carbocycles. The highest BCUT2D eigenvalue weighted by Crippen LogP contribution is 2.16. The number of hydrogen-bond acceptors (Lipinski definition) is 2. The van der Waals surface area contributed by atoms with Crippen LogP contribution in [-0.2, 0) is 0 Å². The summed E-state index contributed by atoms with van der Waals surface area (Å²) in [7, 11) is 0. The summed E-state index contributed by atoms with van der Waals surface area (Å²) < 4.78 is 26.2. The second kappa shape index (κ2) is 4.65. The van der Waals surface area contributed by atoms with Gasteiger partial charge < -0.3 is 10.2 Å². The van der Waals surface area contributed by atoms with Crippen LogP contribution in [0.1, 0.15) is 15.9 Å². The Morgan fingerprint density at radius 2 is 2.00 bits per heavy atom. The fourth-order valence-electron chi connectivity index (χ4n) is 1.03. The Morgan fingerprint density at radius 3 is 2.53 bits per heavy atom. The summed E-state index contributed by atoms with van der Waals surface area (Å²) >= 11 is 0. The smallest absolute Gasteiger partial charge is 0.338 e. The molecule has 0 saturated carbocycles.